The largest absolute Gasteiger partial charge is 0.387 e. The van der Waals surface area contributed by atoms with Crippen LogP contribution in [0, 0.1) is 0 Å². The Morgan fingerprint density at radius 3 is 3.03 bits per heavy atom. The van der Waals surface area contributed by atoms with Crippen LogP contribution in [0.25, 0.3) is 21.6 Å². The van der Waals surface area contributed by atoms with Crippen LogP contribution in [0.5, 0.6) is 0 Å². The summed E-state index contributed by atoms with van der Waals surface area (Å²) in [6, 6.07) is 1.75. The molecule has 0 unspecified atom stereocenters. The van der Waals surface area contributed by atoms with Crippen molar-refractivity contribution in [1.29, 1.82) is 0 Å². The van der Waals surface area contributed by atoms with Gasteiger partial charge in [-0.3, -0.25) is 9.59 Å². The number of hydrogen-bond donors (Lipinski definition) is 3. The van der Waals surface area contributed by atoms with Crippen molar-refractivity contribution in [2.24, 2.45) is 0 Å². The van der Waals surface area contributed by atoms with Crippen LogP contribution in [-0.4, -0.2) is 56.1 Å². The summed E-state index contributed by atoms with van der Waals surface area (Å²) in [4.78, 5) is 36.1. The van der Waals surface area contributed by atoms with Crippen LogP contribution in [0.3, 0.4) is 0 Å². The lowest BCUT2D eigenvalue weighted by molar-refractivity contribution is -0.127. The summed E-state index contributed by atoms with van der Waals surface area (Å²) in [6.45, 7) is 5.47. The van der Waals surface area contributed by atoms with Crippen LogP contribution in [0.2, 0.25) is 0 Å². The van der Waals surface area contributed by atoms with E-state index in [1.54, 1.807) is 22.5 Å². The van der Waals surface area contributed by atoms with Gasteiger partial charge in [0.25, 0.3) is 5.91 Å². The first kappa shape index (κ1) is 21.8. The lowest BCUT2D eigenvalue weighted by atomic mass is 10.1. The maximum atomic E-state index is 12.7. The molecule has 3 aromatic rings. The van der Waals surface area contributed by atoms with Crippen molar-refractivity contribution in [2.75, 3.05) is 25.4 Å². The molecule has 2 amide bonds. The van der Waals surface area contributed by atoms with Crippen molar-refractivity contribution in [3.05, 3.63) is 60.0 Å². The summed E-state index contributed by atoms with van der Waals surface area (Å²) in [5.74, 6) is 0.0349. The lowest BCUT2D eigenvalue weighted by Crippen LogP contribution is -2.40. The Labute approximate surface area is 199 Å². The van der Waals surface area contributed by atoms with Gasteiger partial charge in [-0.05, 0) is 43.3 Å². The summed E-state index contributed by atoms with van der Waals surface area (Å²) >= 11 is 1.41. The highest BCUT2D eigenvalue weighted by Gasteiger charge is 2.28. The number of likely N-dealkylation sites (tertiary alicyclic amines) is 1. The van der Waals surface area contributed by atoms with Gasteiger partial charge < -0.3 is 21.3 Å². The fourth-order valence-electron chi connectivity index (χ4n) is 4.24. The van der Waals surface area contributed by atoms with E-state index in [1.807, 2.05) is 16.8 Å². The molecule has 0 aromatic carbocycles. The van der Waals surface area contributed by atoms with E-state index in [-0.39, 0.29) is 17.9 Å². The van der Waals surface area contributed by atoms with Crippen LogP contribution in [0.1, 0.15) is 29.2 Å². The molecule has 3 aromatic heterocycles. The Morgan fingerprint density at radius 1 is 1.35 bits per heavy atom. The number of nitrogens with two attached hydrogens (primary N) is 1. The second-order valence-corrected chi connectivity index (χ2v) is 9.00. The maximum Gasteiger partial charge on any atom is 0.256 e. The molecule has 5 rings (SSSR count). The molecule has 2 aliphatic heterocycles. The number of anilines is 1. The first-order valence-electron chi connectivity index (χ1n) is 11.0. The average Bonchev–Trinajstić information content (AvgIpc) is 3.50. The molecule has 4 N–H and O–H groups in total. The Morgan fingerprint density at radius 2 is 2.24 bits per heavy atom. The molecule has 2 aliphatic rings. The quantitative estimate of drug-likeness (QED) is 0.481. The molecule has 0 bridgehead atoms. The molecular weight excluding hydrogens is 452 g/mol. The number of fused-ring (bicyclic) bond motifs is 1. The van der Waals surface area contributed by atoms with E-state index in [0.29, 0.717) is 47.7 Å². The van der Waals surface area contributed by atoms with Crippen molar-refractivity contribution >= 4 is 40.0 Å². The van der Waals surface area contributed by atoms with E-state index in [9.17, 15) is 9.59 Å². The van der Waals surface area contributed by atoms with E-state index < -0.39 is 0 Å². The van der Waals surface area contributed by atoms with Crippen LogP contribution >= 0.6 is 11.3 Å². The van der Waals surface area contributed by atoms with Gasteiger partial charge in [-0.1, -0.05) is 6.58 Å². The Balaban J connectivity index is 1.48. The summed E-state index contributed by atoms with van der Waals surface area (Å²) < 4.78 is 1.84. The number of nitrogens with zero attached hydrogens (tertiary/aromatic N) is 5. The predicted molar refractivity (Wildman–Crippen MR) is 131 cm³/mol. The summed E-state index contributed by atoms with van der Waals surface area (Å²) in [6.07, 6.45) is 9.98. The molecule has 1 atom stereocenters. The number of dihydropyridines is 1. The first-order valence-corrected chi connectivity index (χ1v) is 11.8. The number of nitrogens with one attached hydrogen (secondary N) is 2. The third-order valence-electron chi connectivity index (χ3n) is 5.92. The van der Waals surface area contributed by atoms with E-state index in [2.05, 4.69) is 27.2 Å². The zero-order valence-electron chi connectivity index (χ0n) is 18.4. The zero-order valence-corrected chi connectivity index (χ0v) is 19.2. The number of rotatable bonds is 5. The van der Waals surface area contributed by atoms with Gasteiger partial charge >= 0.3 is 0 Å². The molecule has 0 saturated carbocycles. The number of allylic oxidation sites excluding steroid dienone is 1. The number of nitrogen functional groups attached to an aromatic ring is 1. The fourth-order valence-corrected chi connectivity index (χ4v) is 5.11. The van der Waals surface area contributed by atoms with Crippen molar-refractivity contribution in [3.8, 4) is 10.6 Å². The minimum Gasteiger partial charge on any atom is -0.387 e. The zero-order chi connectivity index (χ0) is 23.7. The van der Waals surface area contributed by atoms with Crippen LogP contribution < -0.4 is 16.4 Å². The molecule has 34 heavy (non-hydrogen) atoms. The summed E-state index contributed by atoms with van der Waals surface area (Å²) in [5, 5.41) is 13.3. The Kier molecular flexibility index (Phi) is 5.84. The topological polar surface area (TPSA) is 131 Å². The molecule has 174 valence electrons. The fraction of sp³-hybridized carbons (Fsp3) is 0.261. The van der Waals surface area contributed by atoms with Gasteiger partial charge in [0, 0.05) is 30.7 Å². The van der Waals surface area contributed by atoms with Gasteiger partial charge in [-0.2, -0.15) is 5.10 Å². The number of thiophene rings is 1. The Bertz CT molecular complexity index is 1340. The van der Waals surface area contributed by atoms with E-state index >= 15 is 0 Å². The average molecular weight is 477 g/mol. The monoisotopic (exact) mass is 476 g/mol. The van der Waals surface area contributed by atoms with Crippen molar-refractivity contribution in [1.82, 2.24) is 35.3 Å². The molecular formula is C23H24N8O2S. The van der Waals surface area contributed by atoms with E-state index in [4.69, 9.17) is 10.8 Å². The maximum absolute atomic E-state index is 12.7. The normalized spacial score (nSPS) is 17.8. The van der Waals surface area contributed by atoms with Crippen molar-refractivity contribution < 1.29 is 9.59 Å². The molecule has 10 nitrogen and oxygen atoms in total. The second-order valence-electron chi connectivity index (χ2n) is 8.09. The lowest BCUT2D eigenvalue weighted by Gasteiger charge is -2.32. The van der Waals surface area contributed by atoms with Gasteiger partial charge in [-0.15, -0.1) is 11.3 Å². The molecule has 1 saturated heterocycles. The smallest absolute Gasteiger partial charge is 0.256 e. The van der Waals surface area contributed by atoms with Gasteiger partial charge in [0.1, 0.15) is 17.8 Å². The van der Waals surface area contributed by atoms with Crippen molar-refractivity contribution in [3.63, 3.8) is 0 Å². The minimum atomic E-state index is -0.195. The minimum absolute atomic E-state index is 0.0513. The predicted octanol–water partition coefficient (Wildman–Crippen LogP) is 2.22. The van der Waals surface area contributed by atoms with Crippen molar-refractivity contribution in [2.45, 2.75) is 18.9 Å². The number of aromatic nitrogens is 4. The molecule has 0 radical (unpaired) electrons. The number of piperidine rings is 1. The second kappa shape index (κ2) is 9.10. The number of hydrogen-bond acceptors (Lipinski definition) is 8. The third-order valence-corrected chi connectivity index (χ3v) is 6.86. The number of carbonyl (C=O) groups excluding carboxylic acids is 2. The van der Waals surface area contributed by atoms with Crippen LogP contribution in [0.15, 0.2) is 54.5 Å². The highest BCUT2D eigenvalue weighted by molar-refractivity contribution is 7.14. The third kappa shape index (κ3) is 4.05. The molecule has 0 spiro atoms. The van der Waals surface area contributed by atoms with Gasteiger partial charge in [0.15, 0.2) is 5.65 Å². The number of carbonyl (C=O) groups is 2. The molecule has 1 fully saturated rings. The SMILES string of the molecule is C=CC(=O)N1CCC[C@@H](n2nc(-c3cc(C(=O)NC4=CCNC=C4)cs3)c3c(N)ncnc32)C1. The van der Waals surface area contributed by atoms with Gasteiger partial charge in [0.2, 0.25) is 5.91 Å². The highest BCUT2D eigenvalue weighted by atomic mass is 32.1. The van der Waals surface area contributed by atoms with E-state index in [0.717, 1.165) is 23.4 Å². The molecule has 0 aliphatic carbocycles. The van der Waals surface area contributed by atoms with Gasteiger partial charge in [-0.25, -0.2) is 14.6 Å². The number of amides is 2. The van der Waals surface area contributed by atoms with Crippen LogP contribution in [0.4, 0.5) is 5.82 Å². The van der Waals surface area contributed by atoms with Crippen LogP contribution in [-0.2, 0) is 4.79 Å². The van der Waals surface area contributed by atoms with E-state index in [1.165, 1.54) is 23.7 Å². The summed E-state index contributed by atoms with van der Waals surface area (Å²) in [5.41, 5.74) is 8.78. The Hall–Kier alpha value is -3.99. The highest BCUT2D eigenvalue weighted by Crippen LogP contribution is 2.36. The molecule has 11 heteroatoms. The first-order chi connectivity index (χ1) is 16.5. The molecule has 5 heterocycles. The standard InChI is InChI=1S/C23H24N8O2S/c1-2-18(32)30-9-3-4-16(11-30)31-22-19(21(24)26-13-27-22)20(29-31)17-10-14(12-34-17)23(33)28-15-5-7-25-8-6-15/h2,5-7,10,12-13,16,25H,1,3-4,8-9,11H2,(H,28,33)(H2,24,26,27)/t16-/m1/s1. The van der Waals surface area contributed by atoms with Gasteiger partial charge in [0.05, 0.1) is 21.9 Å². The summed E-state index contributed by atoms with van der Waals surface area (Å²) in [7, 11) is 0.